The summed E-state index contributed by atoms with van der Waals surface area (Å²) in [4.78, 5) is 12.6. The fraction of sp³-hybridized carbons (Fsp3) is 0.304. The van der Waals surface area contributed by atoms with Crippen molar-refractivity contribution in [1.29, 1.82) is 0 Å². The largest absolute Gasteiger partial charge is 0.487 e. The van der Waals surface area contributed by atoms with Crippen LogP contribution in [0.5, 0.6) is 5.75 Å². The lowest BCUT2D eigenvalue weighted by Crippen LogP contribution is -2.26. The van der Waals surface area contributed by atoms with Crippen LogP contribution in [-0.2, 0) is 13.2 Å². The van der Waals surface area contributed by atoms with E-state index >= 15 is 0 Å². The highest BCUT2D eigenvalue weighted by molar-refractivity contribution is 6.32. The Hall–Kier alpha value is -2.79. The lowest BCUT2D eigenvalue weighted by molar-refractivity contribution is 0.0939. The van der Waals surface area contributed by atoms with Gasteiger partial charge in [0.1, 0.15) is 12.4 Å². The van der Waals surface area contributed by atoms with Crippen LogP contribution in [0.1, 0.15) is 52.6 Å². The van der Waals surface area contributed by atoms with Crippen molar-refractivity contribution in [2.24, 2.45) is 0 Å². The van der Waals surface area contributed by atoms with Crippen molar-refractivity contribution in [2.45, 2.75) is 46.9 Å². The van der Waals surface area contributed by atoms with Gasteiger partial charge < -0.3 is 10.1 Å². The number of carbonyl (C=O) groups is 1. The molecule has 3 aromatic rings. The van der Waals surface area contributed by atoms with Crippen molar-refractivity contribution >= 4 is 17.5 Å². The van der Waals surface area contributed by atoms with E-state index in [4.69, 9.17) is 16.3 Å². The Morgan fingerprint density at radius 3 is 2.59 bits per heavy atom. The van der Waals surface area contributed by atoms with Gasteiger partial charge in [-0.15, -0.1) is 0 Å². The molecular formula is C23H26ClN3O2. The predicted molar refractivity (Wildman–Crippen MR) is 115 cm³/mol. The quantitative estimate of drug-likeness (QED) is 0.578. The summed E-state index contributed by atoms with van der Waals surface area (Å²) in [5.41, 5.74) is 4.62. The number of aromatic nitrogens is 2. The van der Waals surface area contributed by atoms with Gasteiger partial charge in [-0.3, -0.25) is 9.48 Å². The van der Waals surface area contributed by atoms with E-state index in [2.05, 4.69) is 10.4 Å². The van der Waals surface area contributed by atoms with Gasteiger partial charge in [0.05, 0.1) is 16.8 Å². The first-order valence-electron chi connectivity index (χ1n) is 9.70. The second-order valence-corrected chi connectivity index (χ2v) is 7.55. The third-order valence-electron chi connectivity index (χ3n) is 4.82. The lowest BCUT2D eigenvalue weighted by atomic mass is 10.1. The summed E-state index contributed by atoms with van der Waals surface area (Å²) in [6, 6.07) is 13.0. The summed E-state index contributed by atoms with van der Waals surface area (Å²) < 4.78 is 7.69. The highest BCUT2D eigenvalue weighted by Gasteiger charge is 2.16. The van der Waals surface area contributed by atoms with Crippen molar-refractivity contribution < 1.29 is 9.53 Å². The zero-order chi connectivity index (χ0) is 21.0. The van der Waals surface area contributed by atoms with Gasteiger partial charge in [0, 0.05) is 23.9 Å². The molecule has 1 amide bonds. The summed E-state index contributed by atoms with van der Waals surface area (Å²) >= 11 is 6.17. The van der Waals surface area contributed by atoms with Crippen LogP contribution in [-0.4, -0.2) is 15.7 Å². The maximum atomic E-state index is 12.6. The zero-order valence-electron chi connectivity index (χ0n) is 17.2. The predicted octanol–water partition coefficient (Wildman–Crippen LogP) is 5.24. The molecule has 29 heavy (non-hydrogen) atoms. The molecule has 0 aliphatic carbocycles. The smallest absolute Gasteiger partial charge is 0.251 e. The molecule has 0 saturated carbocycles. The fourth-order valence-corrected chi connectivity index (χ4v) is 3.28. The van der Waals surface area contributed by atoms with Crippen LogP contribution in [0.15, 0.2) is 48.7 Å². The van der Waals surface area contributed by atoms with Crippen LogP contribution in [0, 0.1) is 13.8 Å². The molecule has 3 rings (SSSR count). The third-order valence-corrected chi connectivity index (χ3v) is 5.13. The molecule has 1 heterocycles. The van der Waals surface area contributed by atoms with Crippen LogP contribution >= 0.6 is 11.6 Å². The number of ether oxygens (including phenoxy) is 1. The molecule has 0 aliphatic heterocycles. The molecule has 0 radical (unpaired) electrons. The summed E-state index contributed by atoms with van der Waals surface area (Å²) in [5, 5.41) is 8.07. The summed E-state index contributed by atoms with van der Waals surface area (Å²) in [7, 11) is 0. The molecule has 0 aliphatic rings. The highest BCUT2D eigenvalue weighted by atomic mass is 35.5. The highest BCUT2D eigenvalue weighted by Crippen LogP contribution is 2.26. The summed E-state index contributed by atoms with van der Waals surface area (Å²) in [6.07, 6.45) is 1.98. The van der Waals surface area contributed by atoms with E-state index in [1.54, 1.807) is 12.1 Å². The van der Waals surface area contributed by atoms with Gasteiger partial charge >= 0.3 is 0 Å². The van der Waals surface area contributed by atoms with Gasteiger partial charge in [0.15, 0.2) is 0 Å². The number of nitrogens with one attached hydrogen (secondary N) is 1. The first kappa shape index (κ1) is 20.9. The SMILES string of the molecule is CCn1cc(C(C)NC(=O)c2ccc(COc3cc(C)ccc3Cl)cc2)c(C)n1. The van der Waals surface area contributed by atoms with E-state index in [1.807, 2.05) is 68.9 Å². The van der Waals surface area contributed by atoms with Crippen LogP contribution in [0.3, 0.4) is 0 Å². The topological polar surface area (TPSA) is 56.2 Å². The van der Waals surface area contributed by atoms with E-state index in [9.17, 15) is 4.79 Å². The van der Waals surface area contributed by atoms with Gasteiger partial charge in [-0.1, -0.05) is 29.8 Å². The van der Waals surface area contributed by atoms with E-state index < -0.39 is 0 Å². The molecule has 0 fully saturated rings. The zero-order valence-corrected chi connectivity index (χ0v) is 18.0. The van der Waals surface area contributed by atoms with Gasteiger partial charge in [0.2, 0.25) is 0 Å². The maximum absolute atomic E-state index is 12.6. The molecule has 1 unspecified atom stereocenters. The van der Waals surface area contributed by atoms with Crippen molar-refractivity contribution in [3.63, 3.8) is 0 Å². The molecule has 1 aromatic heterocycles. The molecule has 0 spiro atoms. The molecule has 5 nitrogen and oxygen atoms in total. The number of benzene rings is 2. The Morgan fingerprint density at radius 1 is 1.21 bits per heavy atom. The Balaban J connectivity index is 1.61. The van der Waals surface area contributed by atoms with E-state index in [-0.39, 0.29) is 11.9 Å². The number of rotatable bonds is 7. The first-order valence-corrected chi connectivity index (χ1v) is 10.1. The number of carbonyl (C=O) groups excluding carboxylic acids is 1. The molecule has 2 aromatic carbocycles. The van der Waals surface area contributed by atoms with Gasteiger partial charge in [0.25, 0.3) is 5.91 Å². The number of amides is 1. The molecule has 0 saturated heterocycles. The van der Waals surface area contributed by atoms with Crippen LogP contribution < -0.4 is 10.1 Å². The number of nitrogens with zero attached hydrogens (tertiary/aromatic N) is 2. The third kappa shape index (κ3) is 5.18. The average molecular weight is 412 g/mol. The minimum absolute atomic E-state index is 0.115. The van der Waals surface area contributed by atoms with Crippen LogP contribution in [0.25, 0.3) is 0 Å². The minimum Gasteiger partial charge on any atom is -0.487 e. The lowest BCUT2D eigenvalue weighted by Gasteiger charge is -2.14. The minimum atomic E-state index is -0.116. The number of hydrogen-bond acceptors (Lipinski definition) is 3. The molecular weight excluding hydrogens is 386 g/mol. The normalized spacial score (nSPS) is 11.9. The molecule has 6 heteroatoms. The monoisotopic (exact) mass is 411 g/mol. The molecule has 152 valence electrons. The summed E-state index contributed by atoms with van der Waals surface area (Å²) in [5.74, 6) is 0.542. The number of halogens is 1. The van der Waals surface area contributed by atoms with Gasteiger partial charge in [-0.05, 0) is 63.1 Å². The fourth-order valence-electron chi connectivity index (χ4n) is 3.11. The molecule has 0 bridgehead atoms. The Morgan fingerprint density at radius 2 is 1.93 bits per heavy atom. The Labute approximate surface area is 176 Å². The summed E-state index contributed by atoms with van der Waals surface area (Å²) in [6.45, 7) is 9.15. The standard InChI is InChI=1S/C23H26ClN3O2/c1-5-27-13-20(17(4)26-27)16(3)25-23(28)19-9-7-18(8-10-19)14-29-22-12-15(2)6-11-21(22)24/h6-13,16H,5,14H2,1-4H3,(H,25,28). The second kappa shape index (κ2) is 9.14. The average Bonchev–Trinajstić information content (AvgIpc) is 3.10. The van der Waals surface area contributed by atoms with Crippen molar-refractivity contribution in [3.8, 4) is 5.75 Å². The maximum Gasteiger partial charge on any atom is 0.251 e. The Kier molecular flexibility index (Phi) is 6.60. The van der Waals surface area contributed by atoms with Crippen molar-refractivity contribution in [3.05, 3.63) is 81.6 Å². The molecule has 1 N–H and O–H groups in total. The number of aryl methyl sites for hydroxylation is 3. The van der Waals surface area contributed by atoms with E-state index in [1.165, 1.54) is 0 Å². The first-order chi connectivity index (χ1) is 13.9. The van der Waals surface area contributed by atoms with Crippen LogP contribution in [0.2, 0.25) is 5.02 Å². The molecule has 1 atom stereocenters. The number of hydrogen-bond donors (Lipinski definition) is 1. The van der Waals surface area contributed by atoms with Crippen LogP contribution in [0.4, 0.5) is 0 Å². The van der Waals surface area contributed by atoms with Gasteiger partial charge in [-0.2, -0.15) is 5.10 Å². The second-order valence-electron chi connectivity index (χ2n) is 7.14. The van der Waals surface area contributed by atoms with E-state index in [0.717, 1.165) is 28.9 Å². The van der Waals surface area contributed by atoms with Gasteiger partial charge in [-0.25, -0.2) is 0 Å². The van der Waals surface area contributed by atoms with Crippen molar-refractivity contribution in [1.82, 2.24) is 15.1 Å². The van der Waals surface area contributed by atoms with Crippen molar-refractivity contribution in [2.75, 3.05) is 0 Å². The Bertz CT molecular complexity index is 996. The van der Waals surface area contributed by atoms with E-state index in [0.29, 0.717) is 22.9 Å².